The van der Waals surface area contributed by atoms with E-state index in [-0.39, 0.29) is 18.1 Å². The number of rotatable bonds is 5. The molecule has 2 rings (SSSR count). The standard InChI is InChI=1S/C14H27N3O/c1-11(2)10-13-15-12(3)14(18)17(13)9-8-16-6-4-5-7-16/h11-13,15H,4-10H2,1-3H3. The average Bonchev–Trinajstić information content (AvgIpc) is 2.88. The summed E-state index contributed by atoms with van der Waals surface area (Å²) in [5, 5.41) is 3.42. The van der Waals surface area contributed by atoms with Crippen molar-refractivity contribution in [1.29, 1.82) is 0 Å². The lowest BCUT2D eigenvalue weighted by atomic mass is 10.1. The first-order valence-electron chi connectivity index (χ1n) is 7.37. The maximum Gasteiger partial charge on any atom is 0.240 e. The van der Waals surface area contributed by atoms with Gasteiger partial charge < -0.3 is 9.80 Å². The Kier molecular flexibility index (Phi) is 4.62. The third-order valence-electron chi connectivity index (χ3n) is 4.02. The summed E-state index contributed by atoms with van der Waals surface area (Å²) in [6, 6.07) is -0.00710. The second-order valence-electron chi connectivity index (χ2n) is 6.11. The van der Waals surface area contributed by atoms with Gasteiger partial charge in [0.2, 0.25) is 5.91 Å². The summed E-state index contributed by atoms with van der Waals surface area (Å²) in [5.74, 6) is 0.898. The molecule has 4 heteroatoms. The molecule has 0 aliphatic carbocycles. The SMILES string of the molecule is CC(C)CC1NC(C)C(=O)N1CCN1CCCC1. The van der Waals surface area contributed by atoms with Crippen molar-refractivity contribution in [2.45, 2.75) is 52.2 Å². The van der Waals surface area contributed by atoms with Crippen LogP contribution in [0.5, 0.6) is 0 Å². The molecule has 0 aromatic carbocycles. The Morgan fingerprint density at radius 3 is 2.56 bits per heavy atom. The molecule has 0 aromatic rings. The van der Waals surface area contributed by atoms with Gasteiger partial charge >= 0.3 is 0 Å². The van der Waals surface area contributed by atoms with E-state index in [1.165, 1.54) is 25.9 Å². The Morgan fingerprint density at radius 1 is 1.28 bits per heavy atom. The summed E-state index contributed by atoms with van der Waals surface area (Å²) in [6.07, 6.45) is 3.93. The number of likely N-dealkylation sites (tertiary alicyclic amines) is 1. The summed E-state index contributed by atoms with van der Waals surface area (Å²) >= 11 is 0. The van der Waals surface area contributed by atoms with Gasteiger partial charge in [-0.15, -0.1) is 0 Å². The van der Waals surface area contributed by atoms with Gasteiger partial charge in [-0.2, -0.15) is 0 Å². The first kappa shape index (κ1) is 13.8. The molecule has 4 nitrogen and oxygen atoms in total. The van der Waals surface area contributed by atoms with Crippen LogP contribution >= 0.6 is 0 Å². The first-order valence-corrected chi connectivity index (χ1v) is 7.37. The monoisotopic (exact) mass is 253 g/mol. The highest BCUT2D eigenvalue weighted by molar-refractivity contribution is 5.83. The highest BCUT2D eigenvalue weighted by Gasteiger charge is 2.36. The van der Waals surface area contributed by atoms with Crippen LogP contribution in [0.4, 0.5) is 0 Å². The number of hydrogen-bond acceptors (Lipinski definition) is 3. The molecule has 2 unspecified atom stereocenters. The maximum absolute atomic E-state index is 12.1. The third-order valence-corrected chi connectivity index (χ3v) is 4.02. The largest absolute Gasteiger partial charge is 0.325 e. The highest BCUT2D eigenvalue weighted by atomic mass is 16.2. The zero-order valence-electron chi connectivity index (χ0n) is 12.0. The van der Waals surface area contributed by atoms with E-state index in [9.17, 15) is 4.79 Å². The Balaban J connectivity index is 1.87. The van der Waals surface area contributed by atoms with E-state index >= 15 is 0 Å². The lowest BCUT2D eigenvalue weighted by Gasteiger charge is -2.27. The normalized spacial score (nSPS) is 29.8. The fourth-order valence-electron chi connectivity index (χ4n) is 3.02. The molecule has 2 aliphatic heterocycles. The van der Waals surface area contributed by atoms with Gasteiger partial charge in [0.05, 0.1) is 12.2 Å². The van der Waals surface area contributed by atoms with Crippen molar-refractivity contribution in [3.05, 3.63) is 0 Å². The summed E-state index contributed by atoms with van der Waals surface area (Å²) in [6.45, 7) is 10.7. The van der Waals surface area contributed by atoms with Crippen molar-refractivity contribution in [2.75, 3.05) is 26.2 Å². The molecule has 0 bridgehead atoms. The summed E-state index contributed by atoms with van der Waals surface area (Å²) in [5.41, 5.74) is 0. The maximum atomic E-state index is 12.1. The number of amides is 1. The van der Waals surface area contributed by atoms with Gasteiger partial charge in [0.25, 0.3) is 0 Å². The van der Waals surface area contributed by atoms with E-state index in [4.69, 9.17) is 0 Å². The molecule has 1 N–H and O–H groups in total. The van der Waals surface area contributed by atoms with Crippen LogP contribution in [0.2, 0.25) is 0 Å². The van der Waals surface area contributed by atoms with Gasteiger partial charge in [0.15, 0.2) is 0 Å². The summed E-state index contributed by atoms with van der Waals surface area (Å²) in [4.78, 5) is 16.7. The zero-order chi connectivity index (χ0) is 13.1. The molecular weight excluding hydrogens is 226 g/mol. The number of nitrogens with zero attached hydrogens (tertiary/aromatic N) is 2. The van der Waals surface area contributed by atoms with Gasteiger partial charge in [-0.1, -0.05) is 13.8 Å². The van der Waals surface area contributed by atoms with E-state index in [1.54, 1.807) is 0 Å². The van der Waals surface area contributed by atoms with Crippen LogP contribution in [-0.2, 0) is 4.79 Å². The zero-order valence-corrected chi connectivity index (χ0v) is 12.0. The Labute approximate surface area is 111 Å². The molecular formula is C14H27N3O. The number of hydrogen-bond donors (Lipinski definition) is 1. The van der Waals surface area contributed by atoms with Crippen LogP contribution in [0.15, 0.2) is 0 Å². The number of nitrogens with one attached hydrogen (secondary N) is 1. The molecule has 104 valence electrons. The molecule has 2 heterocycles. The van der Waals surface area contributed by atoms with Gasteiger partial charge in [-0.25, -0.2) is 0 Å². The average molecular weight is 253 g/mol. The molecule has 2 fully saturated rings. The van der Waals surface area contributed by atoms with Crippen molar-refractivity contribution < 1.29 is 4.79 Å². The fourth-order valence-corrected chi connectivity index (χ4v) is 3.02. The highest BCUT2D eigenvalue weighted by Crippen LogP contribution is 2.18. The molecule has 2 atom stereocenters. The summed E-state index contributed by atoms with van der Waals surface area (Å²) in [7, 11) is 0. The van der Waals surface area contributed by atoms with Crippen molar-refractivity contribution in [2.24, 2.45) is 5.92 Å². The van der Waals surface area contributed by atoms with Crippen LogP contribution in [0.25, 0.3) is 0 Å². The van der Waals surface area contributed by atoms with E-state index in [1.807, 2.05) is 6.92 Å². The molecule has 0 spiro atoms. The minimum atomic E-state index is -0.00710. The van der Waals surface area contributed by atoms with E-state index < -0.39 is 0 Å². The lowest BCUT2D eigenvalue weighted by molar-refractivity contribution is -0.130. The molecule has 1 amide bonds. The second-order valence-corrected chi connectivity index (χ2v) is 6.11. The van der Waals surface area contributed by atoms with E-state index in [0.717, 1.165) is 19.5 Å². The lowest BCUT2D eigenvalue weighted by Crippen LogP contribution is -2.42. The fraction of sp³-hybridized carbons (Fsp3) is 0.929. The first-order chi connectivity index (χ1) is 8.58. The predicted molar refractivity (Wildman–Crippen MR) is 73.2 cm³/mol. The number of carbonyl (C=O) groups is 1. The molecule has 0 saturated carbocycles. The molecule has 0 aromatic heterocycles. The van der Waals surface area contributed by atoms with Gasteiger partial charge in [0.1, 0.15) is 0 Å². The van der Waals surface area contributed by atoms with Gasteiger partial charge in [0, 0.05) is 13.1 Å². The molecule has 2 aliphatic rings. The van der Waals surface area contributed by atoms with Crippen LogP contribution in [0.3, 0.4) is 0 Å². The number of carbonyl (C=O) groups excluding carboxylic acids is 1. The molecule has 2 saturated heterocycles. The second kappa shape index (κ2) is 6.02. The van der Waals surface area contributed by atoms with Crippen molar-refractivity contribution in [1.82, 2.24) is 15.1 Å². The van der Waals surface area contributed by atoms with Crippen LogP contribution < -0.4 is 5.32 Å². The minimum absolute atomic E-state index is 0.00710. The van der Waals surface area contributed by atoms with Crippen LogP contribution in [0.1, 0.15) is 40.0 Å². The van der Waals surface area contributed by atoms with Crippen molar-refractivity contribution in [3.63, 3.8) is 0 Å². The van der Waals surface area contributed by atoms with Crippen molar-refractivity contribution in [3.8, 4) is 0 Å². The quantitative estimate of drug-likeness (QED) is 0.801. The van der Waals surface area contributed by atoms with E-state index in [0.29, 0.717) is 5.92 Å². The van der Waals surface area contributed by atoms with E-state index in [2.05, 4.69) is 29.0 Å². The van der Waals surface area contributed by atoms with Crippen LogP contribution in [0, 0.1) is 5.92 Å². The third kappa shape index (κ3) is 3.23. The predicted octanol–water partition coefficient (Wildman–Crippen LogP) is 1.27. The Morgan fingerprint density at radius 2 is 1.94 bits per heavy atom. The summed E-state index contributed by atoms with van der Waals surface area (Å²) < 4.78 is 0. The van der Waals surface area contributed by atoms with Gasteiger partial charge in [-0.05, 0) is 45.2 Å². The molecule has 18 heavy (non-hydrogen) atoms. The smallest absolute Gasteiger partial charge is 0.240 e. The minimum Gasteiger partial charge on any atom is -0.325 e. The molecule has 0 radical (unpaired) electrons. The van der Waals surface area contributed by atoms with Crippen LogP contribution in [-0.4, -0.2) is 54.1 Å². The van der Waals surface area contributed by atoms with Gasteiger partial charge in [-0.3, -0.25) is 10.1 Å². The topological polar surface area (TPSA) is 35.6 Å². The van der Waals surface area contributed by atoms with Crippen molar-refractivity contribution >= 4 is 5.91 Å². The Hall–Kier alpha value is -0.610. The Bertz CT molecular complexity index is 287.